The molecule has 0 fully saturated rings. The SMILES string of the molecule is CC(C)CC(=O)NC(C(=O)NC(C)COc1ccc(F)cc1F)C(C)C. The summed E-state index contributed by atoms with van der Waals surface area (Å²) < 4.78 is 31.7. The van der Waals surface area contributed by atoms with Gasteiger partial charge in [-0.25, -0.2) is 8.78 Å². The van der Waals surface area contributed by atoms with Crippen LogP contribution in [0.1, 0.15) is 41.0 Å². The summed E-state index contributed by atoms with van der Waals surface area (Å²) in [5.41, 5.74) is 0. The van der Waals surface area contributed by atoms with Crippen LogP contribution in [-0.4, -0.2) is 30.5 Å². The molecule has 1 aromatic carbocycles. The van der Waals surface area contributed by atoms with E-state index >= 15 is 0 Å². The van der Waals surface area contributed by atoms with Crippen molar-refractivity contribution in [3.05, 3.63) is 29.8 Å². The van der Waals surface area contributed by atoms with Gasteiger partial charge in [-0.3, -0.25) is 9.59 Å². The van der Waals surface area contributed by atoms with Crippen molar-refractivity contribution in [2.75, 3.05) is 6.61 Å². The molecule has 0 radical (unpaired) electrons. The number of hydrogen-bond donors (Lipinski definition) is 2. The van der Waals surface area contributed by atoms with Gasteiger partial charge in [0, 0.05) is 12.5 Å². The topological polar surface area (TPSA) is 67.4 Å². The molecule has 0 saturated heterocycles. The minimum Gasteiger partial charge on any atom is -0.488 e. The summed E-state index contributed by atoms with van der Waals surface area (Å²) in [4.78, 5) is 24.4. The molecular weight excluding hydrogens is 342 g/mol. The molecule has 2 unspecified atom stereocenters. The highest BCUT2D eigenvalue weighted by molar-refractivity contribution is 5.88. The van der Waals surface area contributed by atoms with Gasteiger partial charge < -0.3 is 15.4 Å². The standard InChI is InChI=1S/C19H28F2N2O3/c1-11(2)8-17(24)23-18(12(3)4)19(25)22-13(5)10-26-16-7-6-14(20)9-15(16)21/h6-7,9,11-13,18H,8,10H2,1-5H3,(H,22,25)(H,23,24). The van der Waals surface area contributed by atoms with Crippen molar-refractivity contribution in [3.8, 4) is 5.75 Å². The number of benzene rings is 1. The largest absolute Gasteiger partial charge is 0.488 e. The highest BCUT2D eigenvalue weighted by Crippen LogP contribution is 2.17. The molecule has 1 aromatic rings. The van der Waals surface area contributed by atoms with E-state index in [0.29, 0.717) is 6.42 Å². The monoisotopic (exact) mass is 370 g/mol. The minimum absolute atomic E-state index is 0.0129. The third-order valence-corrected chi connectivity index (χ3v) is 3.63. The zero-order valence-electron chi connectivity index (χ0n) is 15.9. The molecule has 0 aromatic heterocycles. The molecule has 0 spiro atoms. The number of ether oxygens (including phenoxy) is 1. The second kappa shape index (κ2) is 10.1. The third kappa shape index (κ3) is 7.37. The van der Waals surface area contributed by atoms with Crippen LogP contribution in [0.3, 0.4) is 0 Å². The van der Waals surface area contributed by atoms with Gasteiger partial charge in [0.1, 0.15) is 18.5 Å². The van der Waals surface area contributed by atoms with E-state index in [4.69, 9.17) is 4.74 Å². The molecule has 0 aliphatic heterocycles. The molecular formula is C19H28F2N2O3. The van der Waals surface area contributed by atoms with E-state index in [2.05, 4.69) is 10.6 Å². The first-order valence-electron chi connectivity index (χ1n) is 8.77. The molecule has 1 rings (SSSR count). The molecule has 146 valence electrons. The first-order valence-corrected chi connectivity index (χ1v) is 8.77. The van der Waals surface area contributed by atoms with E-state index in [1.54, 1.807) is 6.92 Å². The minimum atomic E-state index is -0.801. The van der Waals surface area contributed by atoms with Crippen molar-refractivity contribution in [2.45, 2.75) is 53.1 Å². The fourth-order valence-electron chi connectivity index (χ4n) is 2.32. The van der Waals surface area contributed by atoms with E-state index < -0.39 is 23.7 Å². The Morgan fingerprint density at radius 3 is 2.27 bits per heavy atom. The first kappa shape index (κ1) is 21.9. The Hall–Kier alpha value is -2.18. The molecule has 0 aliphatic rings. The van der Waals surface area contributed by atoms with Gasteiger partial charge >= 0.3 is 0 Å². The lowest BCUT2D eigenvalue weighted by molar-refractivity contribution is -0.130. The summed E-state index contributed by atoms with van der Waals surface area (Å²) in [5, 5.41) is 5.49. The molecule has 0 aliphatic carbocycles. The van der Waals surface area contributed by atoms with Gasteiger partial charge in [-0.15, -0.1) is 0 Å². The average molecular weight is 370 g/mol. The summed E-state index contributed by atoms with van der Waals surface area (Å²) in [6, 6.07) is 1.95. The highest BCUT2D eigenvalue weighted by Gasteiger charge is 2.25. The van der Waals surface area contributed by atoms with Gasteiger partial charge in [0.25, 0.3) is 0 Å². The lowest BCUT2D eigenvalue weighted by Gasteiger charge is -2.24. The second-order valence-electron chi connectivity index (χ2n) is 7.18. The fraction of sp³-hybridized carbons (Fsp3) is 0.579. The van der Waals surface area contributed by atoms with Crippen molar-refractivity contribution in [1.82, 2.24) is 10.6 Å². The predicted octanol–water partition coefficient (Wildman–Crippen LogP) is 3.04. The Labute approximate surface area is 153 Å². The van der Waals surface area contributed by atoms with Crippen molar-refractivity contribution >= 4 is 11.8 Å². The smallest absolute Gasteiger partial charge is 0.243 e. The summed E-state index contributed by atoms with van der Waals surface area (Å²) in [5.74, 6) is -1.97. The van der Waals surface area contributed by atoms with E-state index in [1.807, 2.05) is 27.7 Å². The molecule has 2 atom stereocenters. The summed E-state index contributed by atoms with van der Waals surface area (Å²) in [6.45, 7) is 9.26. The summed E-state index contributed by atoms with van der Waals surface area (Å²) in [6.07, 6.45) is 0.346. The molecule has 2 N–H and O–H groups in total. The van der Waals surface area contributed by atoms with Crippen molar-refractivity contribution < 1.29 is 23.1 Å². The Kier molecular flexibility index (Phi) is 8.48. The molecule has 0 saturated carbocycles. The Morgan fingerprint density at radius 1 is 1.08 bits per heavy atom. The Balaban J connectivity index is 2.57. The number of hydrogen-bond acceptors (Lipinski definition) is 3. The van der Waals surface area contributed by atoms with Crippen LogP contribution in [0.25, 0.3) is 0 Å². The number of rotatable bonds is 9. The van der Waals surface area contributed by atoms with Crippen LogP contribution in [-0.2, 0) is 9.59 Å². The molecule has 26 heavy (non-hydrogen) atoms. The summed E-state index contributed by atoms with van der Waals surface area (Å²) >= 11 is 0. The van der Waals surface area contributed by atoms with Crippen LogP contribution in [0.4, 0.5) is 8.78 Å². The van der Waals surface area contributed by atoms with Gasteiger partial charge in [0.2, 0.25) is 11.8 Å². The van der Waals surface area contributed by atoms with Gasteiger partial charge in [0.15, 0.2) is 11.6 Å². The van der Waals surface area contributed by atoms with E-state index in [0.717, 1.165) is 12.1 Å². The number of halogens is 2. The summed E-state index contributed by atoms with van der Waals surface area (Å²) in [7, 11) is 0. The van der Waals surface area contributed by atoms with Crippen LogP contribution in [0.5, 0.6) is 5.75 Å². The fourth-order valence-corrected chi connectivity index (χ4v) is 2.32. The maximum Gasteiger partial charge on any atom is 0.243 e. The van der Waals surface area contributed by atoms with Crippen molar-refractivity contribution in [3.63, 3.8) is 0 Å². The van der Waals surface area contributed by atoms with Crippen molar-refractivity contribution in [1.29, 1.82) is 0 Å². The van der Waals surface area contributed by atoms with E-state index in [-0.39, 0.29) is 36.0 Å². The Morgan fingerprint density at radius 2 is 1.73 bits per heavy atom. The lowest BCUT2D eigenvalue weighted by atomic mass is 10.0. The number of carbonyl (C=O) groups excluding carboxylic acids is 2. The molecule has 0 heterocycles. The maximum atomic E-state index is 13.5. The van der Waals surface area contributed by atoms with Crippen LogP contribution in [0.15, 0.2) is 18.2 Å². The van der Waals surface area contributed by atoms with Crippen LogP contribution in [0.2, 0.25) is 0 Å². The first-order chi connectivity index (χ1) is 12.1. The van der Waals surface area contributed by atoms with E-state index in [1.165, 1.54) is 6.07 Å². The second-order valence-corrected chi connectivity index (χ2v) is 7.18. The number of nitrogens with one attached hydrogen (secondary N) is 2. The number of amides is 2. The lowest BCUT2D eigenvalue weighted by Crippen LogP contribution is -2.52. The van der Waals surface area contributed by atoms with Crippen LogP contribution in [0, 0.1) is 23.5 Å². The van der Waals surface area contributed by atoms with Crippen molar-refractivity contribution in [2.24, 2.45) is 11.8 Å². The number of carbonyl (C=O) groups is 2. The predicted molar refractivity (Wildman–Crippen MR) is 95.7 cm³/mol. The Bertz CT molecular complexity index is 621. The molecule has 5 nitrogen and oxygen atoms in total. The zero-order chi connectivity index (χ0) is 19.9. The normalized spacial score (nSPS) is 13.4. The van der Waals surface area contributed by atoms with Crippen LogP contribution < -0.4 is 15.4 Å². The van der Waals surface area contributed by atoms with Gasteiger partial charge in [-0.2, -0.15) is 0 Å². The van der Waals surface area contributed by atoms with Gasteiger partial charge in [-0.1, -0.05) is 27.7 Å². The van der Waals surface area contributed by atoms with Gasteiger partial charge in [0.05, 0.1) is 6.04 Å². The average Bonchev–Trinajstić information content (AvgIpc) is 2.50. The zero-order valence-corrected chi connectivity index (χ0v) is 15.9. The maximum absolute atomic E-state index is 13.5. The highest BCUT2D eigenvalue weighted by atomic mass is 19.1. The third-order valence-electron chi connectivity index (χ3n) is 3.63. The quantitative estimate of drug-likeness (QED) is 0.702. The molecule has 7 heteroatoms. The van der Waals surface area contributed by atoms with E-state index in [9.17, 15) is 18.4 Å². The van der Waals surface area contributed by atoms with Crippen LogP contribution >= 0.6 is 0 Å². The molecule has 2 amide bonds. The molecule has 0 bridgehead atoms. The van der Waals surface area contributed by atoms with Gasteiger partial charge in [-0.05, 0) is 30.9 Å².